The number of sulfone groups is 1. The van der Waals surface area contributed by atoms with E-state index in [1.807, 2.05) is 0 Å². The van der Waals surface area contributed by atoms with Gasteiger partial charge in [0.15, 0.2) is 9.84 Å². The van der Waals surface area contributed by atoms with Crippen molar-refractivity contribution in [1.82, 2.24) is 4.98 Å². The van der Waals surface area contributed by atoms with Crippen LogP contribution in [0.4, 0.5) is 26.3 Å². The molecule has 0 amide bonds. The molecule has 1 aromatic heterocycles. The molecule has 0 aliphatic carbocycles. The molecule has 2 rings (SSSR count). The predicted molar refractivity (Wildman–Crippen MR) is 84.6 cm³/mol. The molecule has 0 saturated heterocycles. The maximum Gasteiger partial charge on any atom is 0.427 e. The van der Waals surface area contributed by atoms with Crippen molar-refractivity contribution in [2.45, 2.75) is 12.4 Å². The Balaban J connectivity index is 2.44. The van der Waals surface area contributed by atoms with E-state index in [2.05, 4.69) is 4.98 Å². The van der Waals surface area contributed by atoms with Gasteiger partial charge in [0.2, 0.25) is 5.88 Å². The molecule has 27 heavy (non-hydrogen) atoms. The van der Waals surface area contributed by atoms with Gasteiger partial charge in [0.25, 0.3) is 0 Å². The van der Waals surface area contributed by atoms with Crippen LogP contribution in [0.1, 0.15) is 11.1 Å². The van der Waals surface area contributed by atoms with Gasteiger partial charge in [-0.2, -0.15) is 26.3 Å². The second kappa shape index (κ2) is 7.22. The van der Waals surface area contributed by atoms with E-state index < -0.39 is 38.5 Å². The Morgan fingerprint density at radius 1 is 1.07 bits per heavy atom. The Morgan fingerprint density at radius 3 is 2.30 bits per heavy atom. The first-order valence-electron chi connectivity index (χ1n) is 7.07. The summed E-state index contributed by atoms with van der Waals surface area (Å²) in [6.07, 6.45) is -8.06. The average Bonchev–Trinajstić information content (AvgIpc) is 2.50. The third kappa shape index (κ3) is 5.46. The van der Waals surface area contributed by atoms with Crippen molar-refractivity contribution in [3.8, 4) is 11.6 Å². The van der Waals surface area contributed by atoms with Gasteiger partial charge < -0.3 is 4.74 Å². The second-order valence-corrected chi connectivity index (χ2v) is 7.29. The molecule has 0 radical (unpaired) electrons. The molecule has 1 aromatic carbocycles. The molecule has 2 aromatic rings. The maximum absolute atomic E-state index is 12.9. The van der Waals surface area contributed by atoms with Gasteiger partial charge in [0.1, 0.15) is 16.2 Å². The number of alkyl halides is 6. The molecule has 0 saturated carbocycles. The molecule has 146 valence electrons. The number of benzene rings is 1. The van der Waals surface area contributed by atoms with E-state index >= 15 is 0 Å². The first-order valence-corrected chi connectivity index (χ1v) is 8.97. The molecule has 0 N–H and O–H groups in total. The Morgan fingerprint density at radius 2 is 1.74 bits per heavy atom. The lowest BCUT2D eigenvalue weighted by molar-refractivity contribution is -0.138. The highest BCUT2D eigenvalue weighted by molar-refractivity contribution is 7.94. The van der Waals surface area contributed by atoms with Crippen LogP contribution in [0.3, 0.4) is 0 Å². The standard InChI is InChI=1S/C16H11F6NO3S/c1-27(24,25)13(16(20,21)22)9-10-4-2-5-11(8-10)26-14-12(15(17,18)19)6-3-7-23-14/h2-9H,1H3/b13-9+. The van der Waals surface area contributed by atoms with E-state index in [0.717, 1.165) is 30.5 Å². The largest absolute Gasteiger partial charge is 0.438 e. The molecule has 0 bridgehead atoms. The van der Waals surface area contributed by atoms with E-state index in [0.29, 0.717) is 12.3 Å². The number of hydrogen-bond acceptors (Lipinski definition) is 4. The summed E-state index contributed by atoms with van der Waals surface area (Å²) < 4.78 is 105. The van der Waals surface area contributed by atoms with Gasteiger partial charge in [0, 0.05) is 12.5 Å². The molecule has 4 nitrogen and oxygen atoms in total. The number of aromatic nitrogens is 1. The fourth-order valence-corrected chi connectivity index (χ4v) is 2.79. The van der Waals surface area contributed by atoms with E-state index in [1.165, 1.54) is 12.1 Å². The van der Waals surface area contributed by atoms with E-state index in [4.69, 9.17) is 4.74 Å². The smallest absolute Gasteiger partial charge is 0.427 e. The predicted octanol–water partition coefficient (Wildman–Crippen LogP) is 4.84. The van der Waals surface area contributed by atoms with Crippen molar-refractivity contribution in [2.24, 2.45) is 0 Å². The van der Waals surface area contributed by atoms with Crippen molar-refractivity contribution >= 4 is 15.9 Å². The van der Waals surface area contributed by atoms with Crippen LogP contribution in [-0.2, 0) is 16.0 Å². The first-order chi connectivity index (χ1) is 12.3. The zero-order chi connectivity index (χ0) is 20.5. The first kappa shape index (κ1) is 20.7. The normalized spacial score (nSPS) is 13.5. The number of nitrogens with zero attached hydrogens (tertiary/aromatic N) is 1. The highest BCUT2D eigenvalue weighted by atomic mass is 32.2. The van der Waals surface area contributed by atoms with Crippen molar-refractivity contribution in [2.75, 3.05) is 6.26 Å². The topological polar surface area (TPSA) is 56.3 Å². The van der Waals surface area contributed by atoms with Crippen LogP contribution in [0.2, 0.25) is 0 Å². The summed E-state index contributed by atoms with van der Waals surface area (Å²) in [5.74, 6) is -1.03. The van der Waals surface area contributed by atoms with Crippen molar-refractivity contribution in [1.29, 1.82) is 0 Å². The lowest BCUT2D eigenvalue weighted by atomic mass is 10.2. The summed E-state index contributed by atoms with van der Waals surface area (Å²) in [6.45, 7) is 0. The van der Waals surface area contributed by atoms with E-state index in [-0.39, 0.29) is 11.3 Å². The van der Waals surface area contributed by atoms with Crippen LogP contribution in [0.15, 0.2) is 47.5 Å². The lowest BCUT2D eigenvalue weighted by Gasteiger charge is -2.13. The number of rotatable bonds is 4. The summed E-state index contributed by atoms with van der Waals surface area (Å²) in [5.41, 5.74) is -1.40. The zero-order valence-electron chi connectivity index (χ0n) is 13.5. The molecule has 0 fully saturated rings. The second-order valence-electron chi connectivity index (χ2n) is 5.31. The van der Waals surface area contributed by atoms with Crippen LogP contribution in [0, 0.1) is 0 Å². The minimum Gasteiger partial charge on any atom is -0.438 e. The SMILES string of the molecule is CS(=O)(=O)/C(=C/c1cccc(Oc2ncccc2C(F)(F)F)c1)C(F)(F)F. The fourth-order valence-electron chi connectivity index (χ4n) is 2.02. The summed E-state index contributed by atoms with van der Waals surface area (Å²) in [5, 5.41) is 0. The van der Waals surface area contributed by atoms with Gasteiger partial charge in [-0.1, -0.05) is 12.1 Å². The van der Waals surface area contributed by atoms with Gasteiger partial charge in [-0.25, -0.2) is 13.4 Å². The molecule has 0 spiro atoms. The quantitative estimate of drug-likeness (QED) is 0.676. The van der Waals surface area contributed by atoms with Gasteiger partial charge in [-0.3, -0.25) is 0 Å². The minimum absolute atomic E-state index is 0.227. The summed E-state index contributed by atoms with van der Waals surface area (Å²) in [6, 6.07) is 6.29. The fraction of sp³-hybridized carbons (Fsp3) is 0.188. The third-order valence-corrected chi connectivity index (χ3v) is 4.27. The van der Waals surface area contributed by atoms with Gasteiger partial charge in [0.05, 0.1) is 0 Å². The Hall–Kier alpha value is -2.56. The number of hydrogen-bond donors (Lipinski definition) is 0. The Kier molecular flexibility index (Phi) is 5.55. The van der Waals surface area contributed by atoms with Crippen LogP contribution in [0.5, 0.6) is 11.6 Å². The van der Waals surface area contributed by atoms with Crippen molar-refractivity contribution in [3.63, 3.8) is 0 Å². The average molecular weight is 411 g/mol. The third-order valence-electron chi connectivity index (χ3n) is 3.13. The Bertz CT molecular complexity index is 965. The van der Waals surface area contributed by atoms with Crippen molar-refractivity contribution < 1.29 is 39.5 Å². The minimum atomic E-state index is -5.13. The number of pyridine rings is 1. The molecule has 0 atom stereocenters. The van der Waals surface area contributed by atoms with Gasteiger partial charge >= 0.3 is 12.4 Å². The van der Waals surface area contributed by atoms with Crippen LogP contribution in [-0.4, -0.2) is 25.8 Å². The van der Waals surface area contributed by atoms with E-state index in [9.17, 15) is 34.8 Å². The molecule has 0 aliphatic rings. The van der Waals surface area contributed by atoms with Crippen molar-refractivity contribution in [3.05, 3.63) is 58.6 Å². The zero-order valence-corrected chi connectivity index (χ0v) is 14.3. The van der Waals surface area contributed by atoms with Gasteiger partial charge in [-0.05, 0) is 35.9 Å². The Labute approximate surface area is 150 Å². The lowest BCUT2D eigenvalue weighted by Crippen LogP contribution is -2.19. The number of ether oxygens (including phenoxy) is 1. The number of allylic oxidation sites excluding steroid dienone is 1. The molecule has 1 heterocycles. The summed E-state index contributed by atoms with van der Waals surface area (Å²) in [4.78, 5) is 1.69. The van der Waals surface area contributed by atoms with E-state index in [1.54, 1.807) is 0 Å². The maximum atomic E-state index is 12.9. The molecule has 0 unspecified atom stereocenters. The number of halogens is 6. The van der Waals surface area contributed by atoms with Crippen LogP contribution < -0.4 is 4.74 Å². The molecular formula is C16H11F6NO3S. The molecule has 11 heteroatoms. The summed E-state index contributed by atoms with van der Waals surface area (Å²) >= 11 is 0. The highest BCUT2D eigenvalue weighted by Gasteiger charge is 2.40. The molecule has 0 aliphatic heterocycles. The van der Waals surface area contributed by atoms with Gasteiger partial charge in [-0.15, -0.1) is 0 Å². The summed E-state index contributed by atoms with van der Waals surface area (Å²) in [7, 11) is -4.58. The van der Waals surface area contributed by atoms with Crippen LogP contribution in [0.25, 0.3) is 6.08 Å². The highest BCUT2D eigenvalue weighted by Crippen LogP contribution is 2.37. The monoisotopic (exact) mass is 411 g/mol. The van der Waals surface area contributed by atoms with Crippen LogP contribution >= 0.6 is 0 Å². The molecular weight excluding hydrogens is 400 g/mol.